The van der Waals surface area contributed by atoms with E-state index in [0.717, 1.165) is 22.4 Å². The van der Waals surface area contributed by atoms with Gasteiger partial charge in [0.25, 0.3) is 5.91 Å². The summed E-state index contributed by atoms with van der Waals surface area (Å²) >= 11 is 1.81. The zero-order valence-electron chi connectivity index (χ0n) is 14.4. The van der Waals surface area contributed by atoms with Crippen LogP contribution in [-0.2, 0) is 4.79 Å². The highest BCUT2D eigenvalue weighted by Crippen LogP contribution is 2.39. The summed E-state index contributed by atoms with van der Waals surface area (Å²) < 4.78 is 2.58. The molecule has 0 N–H and O–H groups in total. The van der Waals surface area contributed by atoms with Gasteiger partial charge in [0.2, 0.25) is 0 Å². The molecular formula is C23H17NOS. The summed E-state index contributed by atoms with van der Waals surface area (Å²) in [6.45, 7) is 2.70. The van der Waals surface area contributed by atoms with E-state index in [4.69, 9.17) is 0 Å². The fraction of sp³-hybridized carbons (Fsp3) is 0.0870. The Labute approximate surface area is 156 Å². The van der Waals surface area contributed by atoms with E-state index in [-0.39, 0.29) is 5.91 Å². The standard InChI is InChI=1S/C23H17NOS/c1-2-24-20-9-5-3-7-16(20)19(23(24)25)14-15-11-12-22-18(13-15)17-8-4-6-10-21(17)26-22/h3-14H,2H2,1H3/b19-14-. The highest BCUT2D eigenvalue weighted by Gasteiger charge is 2.30. The lowest BCUT2D eigenvalue weighted by Gasteiger charge is -2.13. The first-order chi connectivity index (χ1) is 12.8. The zero-order chi connectivity index (χ0) is 17.7. The number of amides is 1. The maximum absolute atomic E-state index is 12.9. The van der Waals surface area contributed by atoms with Crippen LogP contribution in [0.5, 0.6) is 0 Å². The van der Waals surface area contributed by atoms with Gasteiger partial charge in [-0.2, -0.15) is 0 Å². The SMILES string of the molecule is CCN1C(=O)/C(=C\c2ccc3sc4ccccc4c3c2)c2ccccc21. The van der Waals surface area contributed by atoms with Crippen molar-refractivity contribution >= 4 is 54.8 Å². The molecule has 0 aliphatic carbocycles. The molecular weight excluding hydrogens is 338 g/mol. The topological polar surface area (TPSA) is 20.3 Å². The molecule has 2 heterocycles. The van der Waals surface area contributed by atoms with Gasteiger partial charge in [0.15, 0.2) is 0 Å². The van der Waals surface area contributed by atoms with Crippen LogP contribution in [0.2, 0.25) is 0 Å². The molecule has 0 saturated carbocycles. The van der Waals surface area contributed by atoms with Crippen LogP contribution < -0.4 is 4.90 Å². The van der Waals surface area contributed by atoms with Crippen molar-refractivity contribution in [2.75, 3.05) is 11.4 Å². The van der Waals surface area contributed by atoms with E-state index in [9.17, 15) is 4.79 Å². The van der Waals surface area contributed by atoms with E-state index in [1.54, 1.807) is 0 Å². The second kappa shape index (κ2) is 5.82. The van der Waals surface area contributed by atoms with Gasteiger partial charge in [0.05, 0.1) is 5.69 Å². The smallest absolute Gasteiger partial charge is 0.258 e. The second-order valence-corrected chi connectivity index (χ2v) is 7.56. The van der Waals surface area contributed by atoms with Crippen LogP contribution in [0.3, 0.4) is 0 Å². The Kier molecular flexibility index (Phi) is 3.44. The number of fused-ring (bicyclic) bond motifs is 4. The number of nitrogens with zero attached hydrogens (tertiary/aromatic N) is 1. The normalized spacial score (nSPS) is 15.3. The number of thiophene rings is 1. The lowest BCUT2D eigenvalue weighted by molar-refractivity contribution is -0.112. The van der Waals surface area contributed by atoms with Crippen molar-refractivity contribution in [3.63, 3.8) is 0 Å². The number of benzene rings is 3. The minimum atomic E-state index is 0.0870. The molecule has 3 heteroatoms. The van der Waals surface area contributed by atoms with Crippen LogP contribution in [0.15, 0.2) is 66.7 Å². The van der Waals surface area contributed by atoms with Crippen molar-refractivity contribution in [2.24, 2.45) is 0 Å². The molecule has 0 fully saturated rings. The van der Waals surface area contributed by atoms with E-state index in [1.165, 1.54) is 20.2 Å². The van der Waals surface area contributed by atoms with Gasteiger partial charge in [-0.1, -0.05) is 42.5 Å². The molecule has 26 heavy (non-hydrogen) atoms. The summed E-state index contributed by atoms with van der Waals surface area (Å²) in [5, 5.41) is 2.53. The van der Waals surface area contributed by atoms with Crippen molar-refractivity contribution < 1.29 is 4.79 Å². The van der Waals surface area contributed by atoms with E-state index in [2.05, 4.69) is 42.5 Å². The van der Waals surface area contributed by atoms with Gasteiger partial charge in [-0.05, 0) is 42.8 Å². The summed E-state index contributed by atoms with van der Waals surface area (Å²) in [6.07, 6.45) is 2.03. The van der Waals surface area contributed by atoms with Gasteiger partial charge in [0.1, 0.15) is 0 Å². The molecule has 5 rings (SSSR count). The highest BCUT2D eigenvalue weighted by atomic mass is 32.1. The third-order valence-electron chi connectivity index (χ3n) is 4.99. The molecule has 4 aromatic rings. The predicted molar refractivity (Wildman–Crippen MR) is 112 cm³/mol. The number of rotatable bonds is 2. The summed E-state index contributed by atoms with van der Waals surface area (Å²) in [5.41, 5.74) is 3.88. The first-order valence-electron chi connectivity index (χ1n) is 8.80. The maximum Gasteiger partial charge on any atom is 0.258 e. The Hall–Kier alpha value is -2.91. The first-order valence-corrected chi connectivity index (χ1v) is 9.62. The van der Waals surface area contributed by atoms with Crippen LogP contribution in [0.1, 0.15) is 18.1 Å². The molecule has 0 atom stereocenters. The lowest BCUT2D eigenvalue weighted by atomic mass is 10.0. The summed E-state index contributed by atoms with van der Waals surface area (Å²) in [5.74, 6) is 0.0870. The largest absolute Gasteiger partial charge is 0.308 e. The predicted octanol–water partition coefficient (Wildman–Crippen LogP) is 5.96. The maximum atomic E-state index is 12.9. The third kappa shape index (κ3) is 2.21. The Bertz CT molecular complexity index is 1200. The third-order valence-corrected chi connectivity index (χ3v) is 6.14. The minimum Gasteiger partial charge on any atom is -0.308 e. The van der Waals surface area contributed by atoms with Crippen molar-refractivity contribution in [1.29, 1.82) is 0 Å². The molecule has 3 aromatic carbocycles. The van der Waals surface area contributed by atoms with Crippen LogP contribution in [-0.4, -0.2) is 12.5 Å². The molecule has 0 saturated heterocycles. The van der Waals surface area contributed by atoms with Crippen LogP contribution in [0.25, 0.3) is 31.8 Å². The molecule has 1 aliphatic rings. The van der Waals surface area contributed by atoms with Crippen LogP contribution >= 0.6 is 11.3 Å². The van der Waals surface area contributed by atoms with Crippen molar-refractivity contribution in [3.05, 3.63) is 77.9 Å². The van der Waals surface area contributed by atoms with Crippen molar-refractivity contribution in [3.8, 4) is 0 Å². The number of anilines is 1. The fourth-order valence-electron chi connectivity index (χ4n) is 3.76. The molecule has 2 nitrogen and oxygen atoms in total. The quantitative estimate of drug-likeness (QED) is 0.406. The number of para-hydroxylation sites is 1. The first kappa shape index (κ1) is 15.4. The van der Waals surface area contributed by atoms with E-state index >= 15 is 0 Å². The van der Waals surface area contributed by atoms with Gasteiger partial charge in [-0.3, -0.25) is 4.79 Å². The number of carbonyl (C=O) groups excluding carboxylic acids is 1. The monoisotopic (exact) mass is 355 g/mol. The summed E-state index contributed by atoms with van der Waals surface area (Å²) in [6, 6.07) is 23.0. The average molecular weight is 355 g/mol. The van der Waals surface area contributed by atoms with E-state index < -0.39 is 0 Å². The Morgan fingerprint density at radius 2 is 1.69 bits per heavy atom. The van der Waals surface area contributed by atoms with Crippen LogP contribution in [0.4, 0.5) is 5.69 Å². The number of carbonyl (C=O) groups is 1. The molecule has 1 amide bonds. The number of hydrogen-bond donors (Lipinski definition) is 0. The van der Waals surface area contributed by atoms with Gasteiger partial charge in [0, 0.05) is 37.9 Å². The number of hydrogen-bond acceptors (Lipinski definition) is 2. The Balaban J connectivity index is 1.69. The molecule has 126 valence electrons. The average Bonchev–Trinajstić information content (AvgIpc) is 3.17. The molecule has 1 aliphatic heterocycles. The fourth-order valence-corrected chi connectivity index (χ4v) is 4.85. The number of likely N-dealkylation sites (N-methyl/N-ethyl adjacent to an activating group) is 1. The molecule has 0 unspecified atom stereocenters. The van der Waals surface area contributed by atoms with E-state index in [1.807, 2.05) is 53.5 Å². The van der Waals surface area contributed by atoms with Crippen molar-refractivity contribution in [1.82, 2.24) is 0 Å². The Morgan fingerprint density at radius 1 is 0.923 bits per heavy atom. The molecule has 0 spiro atoms. The highest BCUT2D eigenvalue weighted by molar-refractivity contribution is 7.25. The van der Waals surface area contributed by atoms with Gasteiger partial charge in [-0.25, -0.2) is 0 Å². The second-order valence-electron chi connectivity index (χ2n) is 6.48. The van der Waals surface area contributed by atoms with Gasteiger partial charge < -0.3 is 4.90 Å². The molecule has 1 aromatic heterocycles. The van der Waals surface area contributed by atoms with E-state index in [0.29, 0.717) is 6.54 Å². The van der Waals surface area contributed by atoms with Crippen molar-refractivity contribution in [2.45, 2.75) is 6.92 Å². The Morgan fingerprint density at radius 3 is 2.58 bits per heavy atom. The zero-order valence-corrected chi connectivity index (χ0v) is 15.2. The van der Waals surface area contributed by atoms with Gasteiger partial charge in [-0.15, -0.1) is 11.3 Å². The summed E-state index contributed by atoms with van der Waals surface area (Å²) in [7, 11) is 0. The molecule has 0 radical (unpaired) electrons. The minimum absolute atomic E-state index is 0.0870. The van der Waals surface area contributed by atoms with Gasteiger partial charge >= 0.3 is 0 Å². The lowest BCUT2D eigenvalue weighted by Crippen LogP contribution is -2.25. The van der Waals surface area contributed by atoms with Crippen LogP contribution in [0, 0.1) is 0 Å². The molecule has 0 bridgehead atoms. The summed E-state index contributed by atoms with van der Waals surface area (Å²) in [4.78, 5) is 14.7.